The van der Waals surface area contributed by atoms with Crippen LogP contribution in [0.2, 0.25) is 0 Å². The molecule has 0 unspecified atom stereocenters. The van der Waals surface area contributed by atoms with Gasteiger partial charge in [0.25, 0.3) is 0 Å². The number of rotatable bonds is 8. The van der Waals surface area contributed by atoms with Gasteiger partial charge in [-0.25, -0.2) is 0 Å². The topological polar surface area (TPSA) is 18.8 Å². The number of hydrogen-bond donors (Lipinski definition) is 0. The zero-order valence-electron chi connectivity index (χ0n) is 16.5. The molecule has 0 aromatic heterocycles. The third-order valence-electron chi connectivity index (χ3n) is 4.70. The van der Waals surface area contributed by atoms with Gasteiger partial charge in [0.2, 0.25) is 0 Å². The van der Waals surface area contributed by atoms with Crippen LogP contribution < -0.4 is 14.7 Å². The van der Waals surface area contributed by atoms with Crippen LogP contribution in [0.15, 0.2) is 41.4 Å². The number of hydrogen-bond acceptors (Lipinski definition) is 3. The molecule has 2 aromatic rings. The third-order valence-corrected chi connectivity index (χ3v) is 6.99. The molecule has 1 radical (unpaired) electrons. The molecule has 0 atom stereocenters. The maximum absolute atomic E-state index is 4.89. The van der Waals surface area contributed by atoms with Gasteiger partial charge in [-0.3, -0.25) is 0 Å². The summed E-state index contributed by atoms with van der Waals surface area (Å²) in [6.45, 7) is 7.84. The van der Waals surface area contributed by atoms with Crippen LogP contribution in [0.3, 0.4) is 0 Å². The van der Waals surface area contributed by atoms with E-state index >= 15 is 0 Å². The quantitative estimate of drug-likeness (QED) is 0.527. The van der Waals surface area contributed by atoms with Gasteiger partial charge in [0.1, 0.15) is 0 Å². The predicted octanol–water partition coefficient (Wildman–Crippen LogP) is 3.10. The Morgan fingerprint density at radius 1 is 0.962 bits per heavy atom. The number of nitrogens with zero attached hydrogens (tertiary/aromatic N) is 3. The van der Waals surface area contributed by atoms with Crippen molar-refractivity contribution < 1.29 is 0 Å². The average Bonchev–Trinajstić information content (AvgIpc) is 2.62. The Balaban J connectivity index is 1.88. The molecule has 2 aromatic carbocycles. The van der Waals surface area contributed by atoms with E-state index in [0.717, 1.165) is 30.7 Å². The average molecular weight is 415 g/mol. The number of benzene rings is 2. The number of anilines is 1. The predicted molar refractivity (Wildman–Crippen MR) is 113 cm³/mol. The van der Waals surface area contributed by atoms with Crippen LogP contribution in [0.25, 0.3) is 0 Å². The molecular formula is C22H30N3Se. The zero-order valence-corrected chi connectivity index (χ0v) is 18.2. The Labute approximate surface area is 163 Å². The van der Waals surface area contributed by atoms with E-state index in [9.17, 15) is 0 Å². The first-order valence-electron chi connectivity index (χ1n) is 9.61. The van der Waals surface area contributed by atoms with E-state index in [2.05, 4.69) is 74.1 Å². The van der Waals surface area contributed by atoms with Crippen LogP contribution in [0.1, 0.15) is 31.7 Å². The van der Waals surface area contributed by atoms with Crippen LogP contribution in [0.5, 0.6) is 0 Å². The Morgan fingerprint density at radius 3 is 2.54 bits per heavy atom. The fourth-order valence-electron chi connectivity index (χ4n) is 3.21. The fourth-order valence-corrected chi connectivity index (χ4v) is 5.52. The van der Waals surface area contributed by atoms with Gasteiger partial charge in [-0.15, -0.1) is 0 Å². The molecule has 1 aliphatic rings. The van der Waals surface area contributed by atoms with E-state index in [4.69, 9.17) is 4.99 Å². The van der Waals surface area contributed by atoms with Crippen LogP contribution in [-0.2, 0) is 0 Å². The van der Waals surface area contributed by atoms with Crippen molar-refractivity contribution in [1.82, 2.24) is 4.90 Å². The van der Waals surface area contributed by atoms with Crippen molar-refractivity contribution >= 4 is 30.4 Å². The van der Waals surface area contributed by atoms with Crippen molar-refractivity contribution in [2.45, 2.75) is 33.1 Å². The summed E-state index contributed by atoms with van der Waals surface area (Å²) in [7, 11) is 4.30. The molecular weight excluding hydrogens is 385 g/mol. The first kappa shape index (κ1) is 19.3. The summed E-state index contributed by atoms with van der Waals surface area (Å²) >= 11 is 0.342. The van der Waals surface area contributed by atoms with Crippen molar-refractivity contribution in [1.29, 1.82) is 0 Å². The van der Waals surface area contributed by atoms with E-state index < -0.39 is 0 Å². The van der Waals surface area contributed by atoms with Gasteiger partial charge >= 0.3 is 163 Å². The first-order chi connectivity index (χ1) is 12.6. The molecule has 0 saturated heterocycles. The minimum absolute atomic E-state index is 0.342. The van der Waals surface area contributed by atoms with Crippen molar-refractivity contribution in [3.8, 4) is 0 Å². The van der Waals surface area contributed by atoms with Crippen LogP contribution in [-0.4, -0.2) is 53.1 Å². The first-order valence-corrected chi connectivity index (χ1v) is 11.3. The molecule has 3 nitrogen and oxygen atoms in total. The van der Waals surface area contributed by atoms with Gasteiger partial charge in [0.15, 0.2) is 0 Å². The molecule has 0 N–H and O–H groups in total. The van der Waals surface area contributed by atoms with Crippen LogP contribution in [0.4, 0.5) is 11.4 Å². The minimum atomic E-state index is 0.342. The summed E-state index contributed by atoms with van der Waals surface area (Å²) in [6.07, 6.45) is 3.68. The van der Waals surface area contributed by atoms with E-state index in [1.54, 1.807) is 0 Å². The van der Waals surface area contributed by atoms with Crippen molar-refractivity contribution in [2.75, 3.05) is 38.6 Å². The third kappa shape index (κ3) is 4.82. The monoisotopic (exact) mass is 416 g/mol. The molecule has 0 bridgehead atoms. The Hall–Kier alpha value is -1.48. The van der Waals surface area contributed by atoms with Gasteiger partial charge < -0.3 is 0 Å². The van der Waals surface area contributed by atoms with E-state index in [-0.39, 0.29) is 0 Å². The van der Waals surface area contributed by atoms with Gasteiger partial charge in [-0.2, -0.15) is 0 Å². The van der Waals surface area contributed by atoms with Crippen LogP contribution >= 0.6 is 0 Å². The molecule has 139 valence electrons. The van der Waals surface area contributed by atoms with Crippen LogP contribution in [0, 0.1) is 11.0 Å². The molecule has 0 saturated carbocycles. The number of unbranched alkanes of at least 4 members (excludes halogenated alkanes) is 1. The van der Waals surface area contributed by atoms with Gasteiger partial charge in [0.05, 0.1) is 0 Å². The van der Waals surface area contributed by atoms with Crippen molar-refractivity contribution in [3.63, 3.8) is 0 Å². The fraction of sp³-hybridized carbons (Fsp3) is 0.455. The molecule has 0 spiro atoms. The van der Waals surface area contributed by atoms with Crippen molar-refractivity contribution in [3.05, 3.63) is 51.4 Å². The van der Waals surface area contributed by atoms with Gasteiger partial charge in [-0.1, -0.05) is 0 Å². The maximum atomic E-state index is 4.89. The SMILES string of the molecule is CCCCN(CCCN(C)C)c1ccc2c(c1)=[Se]c1cc(C)ccc1N=2. The second-order valence-electron chi connectivity index (χ2n) is 7.33. The molecule has 3 rings (SSSR count). The van der Waals surface area contributed by atoms with Gasteiger partial charge in [-0.05, 0) is 0 Å². The Kier molecular flexibility index (Phi) is 6.63. The van der Waals surface area contributed by atoms with E-state index in [0.29, 0.717) is 14.5 Å². The Morgan fingerprint density at radius 2 is 1.77 bits per heavy atom. The number of aryl methyl sites for hydroxylation is 1. The normalized spacial score (nSPS) is 12.2. The van der Waals surface area contributed by atoms with E-state index in [1.807, 2.05) is 0 Å². The Bertz CT molecular complexity index is 873. The van der Waals surface area contributed by atoms with E-state index in [1.165, 1.54) is 39.0 Å². The summed E-state index contributed by atoms with van der Waals surface area (Å²) in [5.74, 6) is 0. The molecule has 0 aliphatic carbocycles. The molecule has 0 fully saturated rings. The molecule has 1 heterocycles. The molecule has 26 heavy (non-hydrogen) atoms. The summed E-state index contributed by atoms with van der Waals surface area (Å²) in [5.41, 5.74) is 3.85. The van der Waals surface area contributed by atoms with Crippen molar-refractivity contribution in [2.24, 2.45) is 4.99 Å². The second kappa shape index (κ2) is 8.94. The summed E-state index contributed by atoms with van der Waals surface area (Å²) in [6, 6.07) is 13.5. The van der Waals surface area contributed by atoms with Gasteiger partial charge in [0, 0.05) is 0 Å². The molecule has 4 heteroatoms. The standard InChI is InChI=1S/C22H30N3Se/c1-5-6-13-25(14-7-12-24(3)4)18-9-11-20-22(16-18)26-21-15-17(2)8-10-19(21)23-20/h8-11,15-16H,5-7,12-14H2,1-4H3. The second-order valence-corrected chi connectivity index (χ2v) is 9.61. The zero-order chi connectivity index (χ0) is 18.5. The molecule has 1 aliphatic heterocycles. The summed E-state index contributed by atoms with van der Waals surface area (Å²) in [4.78, 5) is 9.72. The summed E-state index contributed by atoms with van der Waals surface area (Å²) in [5, 5.41) is 1.16. The summed E-state index contributed by atoms with van der Waals surface area (Å²) < 4.78 is 2.83. The molecule has 0 amide bonds. The number of fused-ring (bicyclic) bond motifs is 2.